The zero-order chi connectivity index (χ0) is 9.61. The SMILES string of the molecule is CCCC(C)CC(C)(O)COC. The lowest BCUT2D eigenvalue weighted by molar-refractivity contribution is -0.0326. The highest BCUT2D eigenvalue weighted by atomic mass is 16.5. The van der Waals surface area contributed by atoms with Gasteiger partial charge >= 0.3 is 0 Å². The molecule has 0 saturated carbocycles. The van der Waals surface area contributed by atoms with E-state index in [4.69, 9.17) is 4.74 Å². The molecule has 2 nitrogen and oxygen atoms in total. The van der Waals surface area contributed by atoms with Crippen molar-refractivity contribution < 1.29 is 9.84 Å². The molecule has 12 heavy (non-hydrogen) atoms. The number of hydrogen-bond donors (Lipinski definition) is 1. The molecule has 2 atom stereocenters. The standard InChI is InChI=1S/C10H22O2/c1-5-6-9(2)7-10(3,11)8-12-4/h9,11H,5-8H2,1-4H3. The van der Waals surface area contributed by atoms with Gasteiger partial charge in [-0.15, -0.1) is 0 Å². The van der Waals surface area contributed by atoms with E-state index in [9.17, 15) is 5.11 Å². The summed E-state index contributed by atoms with van der Waals surface area (Å²) in [4.78, 5) is 0. The Labute approximate surface area is 75.9 Å². The van der Waals surface area contributed by atoms with Crippen molar-refractivity contribution >= 4 is 0 Å². The Morgan fingerprint density at radius 1 is 1.50 bits per heavy atom. The third-order valence-corrected chi connectivity index (χ3v) is 2.02. The monoisotopic (exact) mass is 174 g/mol. The molecule has 0 heterocycles. The van der Waals surface area contributed by atoms with Crippen LogP contribution in [0.5, 0.6) is 0 Å². The summed E-state index contributed by atoms with van der Waals surface area (Å²) in [7, 11) is 1.62. The largest absolute Gasteiger partial charge is 0.388 e. The highest BCUT2D eigenvalue weighted by molar-refractivity contribution is 4.74. The molecule has 2 heteroatoms. The van der Waals surface area contributed by atoms with Crippen LogP contribution >= 0.6 is 0 Å². The molecule has 0 rings (SSSR count). The van der Waals surface area contributed by atoms with E-state index in [1.807, 2.05) is 6.92 Å². The first kappa shape index (κ1) is 11.9. The first-order valence-electron chi connectivity index (χ1n) is 4.73. The lowest BCUT2D eigenvalue weighted by atomic mass is 9.91. The zero-order valence-corrected chi connectivity index (χ0v) is 8.76. The van der Waals surface area contributed by atoms with Crippen molar-refractivity contribution in [1.82, 2.24) is 0 Å². The average Bonchev–Trinajstić information content (AvgIpc) is 1.85. The van der Waals surface area contributed by atoms with E-state index >= 15 is 0 Å². The molecule has 0 radical (unpaired) electrons. The summed E-state index contributed by atoms with van der Waals surface area (Å²) in [5, 5.41) is 9.79. The van der Waals surface area contributed by atoms with E-state index < -0.39 is 5.60 Å². The van der Waals surface area contributed by atoms with Gasteiger partial charge in [0.25, 0.3) is 0 Å². The van der Waals surface area contributed by atoms with Crippen LogP contribution in [0, 0.1) is 5.92 Å². The Hall–Kier alpha value is -0.0800. The Balaban J connectivity index is 3.70. The molecule has 0 spiro atoms. The molecule has 0 fully saturated rings. The molecule has 0 amide bonds. The van der Waals surface area contributed by atoms with Crippen molar-refractivity contribution in [3.8, 4) is 0 Å². The number of methoxy groups -OCH3 is 1. The summed E-state index contributed by atoms with van der Waals surface area (Å²) >= 11 is 0. The van der Waals surface area contributed by atoms with Crippen LogP contribution in [0.1, 0.15) is 40.0 Å². The molecule has 2 unspecified atom stereocenters. The number of hydrogen-bond acceptors (Lipinski definition) is 2. The lowest BCUT2D eigenvalue weighted by Gasteiger charge is -2.25. The second-order valence-corrected chi connectivity index (χ2v) is 4.03. The van der Waals surface area contributed by atoms with E-state index in [0.29, 0.717) is 12.5 Å². The second kappa shape index (κ2) is 5.55. The van der Waals surface area contributed by atoms with Crippen LogP contribution < -0.4 is 0 Å². The van der Waals surface area contributed by atoms with E-state index in [1.54, 1.807) is 7.11 Å². The first-order valence-corrected chi connectivity index (χ1v) is 4.73. The predicted molar refractivity (Wildman–Crippen MR) is 51.2 cm³/mol. The molecule has 0 bridgehead atoms. The van der Waals surface area contributed by atoms with Gasteiger partial charge in [0.1, 0.15) is 0 Å². The normalized spacial score (nSPS) is 18.8. The molecule has 0 aliphatic rings. The molecular weight excluding hydrogens is 152 g/mol. The molecular formula is C10H22O2. The van der Waals surface area contributed by atoms with E-state index in [-0.39, 0.29) is 0 Å². The molecule has 74 valence electrons. The highest BCUT2D eigenvalue weighted by Crippen LogP contribution is 2.20. The number of ether oxygens (including phenoxy) is 1. The highest BCUT2D eigenvalue weighted by Gasteiger charge is 2.22. The van der Waals surface area contributed by atoms with Crippen LogP contribution in [0.3, 0.4) is 0 Å². The van der Waals surface area contributed by atoms with Crippen molar-refractivity contribution in [3.05, 3.63) is 0 Å². The predicted octanol–water partition coefficient (Wildman–Crippen LogP) is 2.21. The van der Waals surface area contributed by atoms with Gasteiger partial charge in [-0.25, -0.2) is 0 Å². The van der Waals surface area contributed by atoms with Gasteiger partial charge in [0.05, 0.1) is 12.2 Å². The van der Waals surface area contributed by atoms with Gasteiger partial charge in [0.15, 0.2) is 0 Å². The van der Waals surface area contributed by atoms with Crippen LogP contribution in [-0.2, 0) is 4.74 Å². The summed E-state index contributed by atoms with van der Waals surface area (Å²) in [6.07, 6.45) is 3.19. The third-order valence-electron chi connectivity index (χ3n) is 2.02. The van der Waals surface area contributed by atoms with Crippen molar-refractivity contribution in [2.45, 2.75) is 45.6 Å². The molecule has 0 aromatic rings. The van der Waals surface area contributed by atoms with Crippen LogP contribution in [0.2, 0.25) is 0 Å². The minimum atomic E-state index is -0.649. The van der Waals surface area contributed by atoms with Crippen molar-refractivity contribution in [3.63, 3.8) is 0 Å². The van der Waals surface area contributed by atoms with Crippen LogP contribution in [0.15, 0.2) is 0 Å². The maximum atomic E-state index is 9.79. The van der Waals surface area contributed by atoms with E-state index in [2.05, 4.69) is 13.8 Å². The van der Waals surface area contributed by atoms with Crippen molar-refractivity contribution in [2.75, 3.05) is 13.7 Å². The minimum Gasteiger partial charge on any atom is -0.388 e. The summed E-state index contributed by atoms with van der Waals surface area (Å²) < 4.78 is 4.94. The van der Waals surface area contributed by atoms with Gasteiger partial charge in [-0.1, -0.05) is 26.7 Å². The molecule has 0 aromatic heterocycles. The van der Waals surface area contributed by atoms with Gasteiger partial charge in [-0.2, -0.15) is 0 Å². The average molecular weight is 174 g/mol. The van der Waals surface area contributed by atoms with Crippen LogP contribution in [-0.4, -0.2) is 24.4 Å². The van der Waals surface area contributed by atoms with Gasteiger partial charge in [-0.05, 0) is 19.3 Å². The molecule has 0 aliphatic heterocycles. The third kappa shape index (κ3) is 5.56. The Bertz CT molecular complexity index is 110. The fourth-order valence-corrected chi connectivity index (χ4v) is 1.72. The second-order valence-electron chi connectivity index (χ2n) is 4.03. The molecule has 0 aromatic carbocycles. The molecule has 1 N–H and O–H groups in total. The quantitative estimate of drug-likeness (QED) is 0.669. The summed E-state index contributed by atoms with van der Waals surface area (Å²) in [5.74, 6) is 0.583. The first-order chi connectivity index (χ1) is 5.52. The summed E-state index contributed by atoms with van der Waals surface area (Å²) in [6, 6.07) is 0. The lowest BCUT2D eigenvalue weighted by Crippen LogP contribution is -2.32. The van der Waals surface area contributed by atoms with E-state index in [1.165, 1.54) is 12.8 Å². The van der Waals surface area contributed by atoms with Crippen LogP contribution in [0.25, 0.3) is 0 Å². The smallest absolute Gasteiger partial charge is 0.0854 e. The summed E-state index contributed by atoms with van der Waals surface area (Å²) in [5.41, 5.74) is -0.649. The van der Waals surface area contributed by atoms with Gasteiger partial charge in [0, 0.05) is 7.11 Å². The Morgan fingerprint density at radius 2 is 2.08 bits per heavy atom. The fraction of sp³-hybridized carbons (Fsp3) is 1.00. The Kier molecular flexibility index (Phi) is 5.51. The molecule has 0 aliphatic carbocycles. The van der Waals surface area contributed by atoms with Crippen molar-refractivity contribution in [1.29, 1.82) is 0 Å². The van der Waals surface area contributed by atoms with Gasteiger partial charge in [-0.3, -0.25) is 0 Å². The van der Waals surface area contributed by atoms with Gasteiger partial charge < -0.3 is 9.84 Å². The zero-order valence-electron chi connectivity index (χ0n) is 8.76. The Morgan fingerprint density at radius 3 is 2.50 bits per heavy atom. The van der Waals surface area contributed by atoms with Gasteiger partial charge in [0.2, 0.25) is 0 Å². The molecule has 0 saturated heterocycles. The van der Waals surface area contributed by atoms with Crippen LogP contribution in [0.4, 0.5) is 0 Å². The fourth-order valence-electron chi connectivity index (χ4n) is 1.72. The summed E-state index contributed by atoms with van der Waals surface area (Å²) in [6.45, 7) is 6.61. The number of aliphatic hydroxyl groups is 1. The topological polar surface area (TPSA) is 29.5 Å². The minimum absolute atomic E-state index is 0.432. The number of rotatable bonds is 6. The van der Waals surface area contributed by atoms with E-state index in [0.717, 1.165) is 6.42 Å². The maximum absolute atomic E-state index is 9.79. The van der Waals surface area contributed by atoms with Crippen molar-refractivity contribution in [2.24, 2.45) is 5.92 Å². The maximum Gasteiger partial charge on any atom is 0.0854 e.